The summed E-state index contributed by atoms with van der Waals surface area (Å²) < 4.78 is 10.3. The van der Waals surface area contributed by atoms with Crippen molar-refractivity contribution in [2.45, 2.75) is 13.5 Å². The maximum atomic E-state index is 5.29. The van der Waals surface area contributed by atoms with Crippen molar-refractivity contribution in [2.24, 2.45) is 0 Å². The molecule has 0 saturated carbocycles. The zero-order valence-electron chi connectivity index (χ0n) is 10.1. The Morgan fingerprint density at radius 3 is 2.94 bits per heavy atom. The molecular formula is C11H19N3O2. The monoisotopic (exact) mass is 225 g/mol. The second-order valence-corrected chi connectivity index (χ2v) is 3.47. The summed E-state index contributed by atoms with van der Waals surface area (Å²) in [6.07, 6.45) is 1.71. The molecule has 0 amide bonds. The molecule has 1 heterocycles. The number of rotatable bonds is 7. The normalized spacial score (nSPS) is 10.8. The van der Waals surface area contributed by atoms with E-state index in [-0.39, 0.29) is 0 Å². The fraction of sp³-hybridized carbons (Fsp3) is 0.636. The molecule has 5 nitrogen and oxygen atoms in total. The lowest BCUT2D eigenvalue weighted by atomic mass is 10.4. The molecular weight excluding hydrogens is 206 g/mol. The van der Waals surface area contributed by atoms with Gasteiger partial charge in [-0.2, -0.15) is 4.98 Å². The number of aromatic nitrogens is 2. The van der Waals surface area contributed by atoms with Crippen LogP contribution in [0, 0.1) is 0 Å². The van der Waals surface area contributed by atoms with Crippen LogP contribution in [-0.4, -0.2) is 48.8 Å². The third kappa shape index (κ3) is 4.55. The molecule has 0 aliphatic heterocycles. The predicted molar refractivity (Wildman–Crippen MR) is 61.4 cm³/mol. The van der Waals surface area contributed by atoms with E-state index in [4.69, 9.17) is 9.47 Å². The standard InChI is InChI=1S/C11H19N3O2/c1-4-16-8-7-14(2)9-10-5-6-12-11(13-10)15-3/h5-6H,4,7-9H2,1-3H3. The maximum absolute atomic E-state index is 5.29. The molecule has 0 atom stereocenters. The van der Waals surface area contributed by atoms with Crippen molar-refractivity contribution in [1.82, 2.24) is 14.9 Å². The summed E-state index contributed by atoms with van der Waals surface area (Å²) >= 11 is 0. The van der Waals surface area contributed by atoms with Gasteiger partial charge in [0, 0.05) is 25.9 Å². The Labute approximate surface area is 96.4 Å². The van der Waals surface area contributed by atoms with Gasteiger partial charge >= 0.3 is 6.01 Å². The van der Waals surface area contributed by atoms with E-state index in [1.807, 2.05) is 20.0 Å². The van der Waals surface area contributed by atoms with E-state index < -0.39 is 0 Å². The second-order valence-electron chi connectivity index (χ2n) is 3.47. The van der Waals surface area contributed by atoms with E-state index in [1.165, 1.54) is 0 Å². The highest BCUT2D eigenvalue weighted by atomic mass is 16.5. The van der Waals surface area contributed by atoms with Gasteiger partial charge in [0.2, 0.25) is 0 Å². The zero-order valence-corrected chi connectivity index (χ0v) is 10.1. The average Bonchev–Trinajstić information content (AvgIpc) is 2.29. The number of ether oxygens (including phenoxy) is 2. The third-order valence-corrected chi connectivity index (χ3v) is 2.13. The van der Waals surface area contributed by atoms with Gasteiger partial charge in [-0.15, -0.1) is 0 Å². The molecule has 0 spiro atoms. The van der Waals surface area contributed by atoms with Crippen LogP contribution < -0.4 is 4.74 Å². The Balaban J connectivity index is 2.39. The van der Waals surface area contributed by atoms with E-state index in [0.29, 0.717) is 6.01 Å². The minimum absolute atomic E-state index is 0.413. The lowest BCUT2D eigenvalue weighted by Gasteiger charge is -2.15. The minimum Gasteiger partial charge on any atom is -0.467 e. The lowest BCUT2D eigenvalue weighted by molar-refractivity contribution is 0.120. The molecule has 0 aliphatic carbocycles. The van der Waals surface area contributed by atoms with E-state index in [9.17, 15) is 0 Å². The minimum atomic E-state index is 0.413. The molecule has 0 unspecified atom stereocenters. The second kappa shape index (κ2) is 7.14. The van der Waals surface area contributed by atoms with Crippen molar-refractivity contribution in [3.8, 4) is 6.01 Å². The van der Waals surface area contributed by atoms with Crippen LogP contribution in [-0.2, 0) is 11.3 Å². The van der Waals surface area contributed by atoms with Crippen molar-refractivity contribution in [2.75, 3.05) is 33.9 Å². The zero-order chi connectivity index (χ0) is 11.8. The van der Waals surface area contributed by atoms with Gasteiger partial charge in [-0.1, -0.05) is 0 Å². The van der Waals surface area contributed by atoms with Crippen LogP contribution in [0.15, 0.2) is 12.3 Å². The van der Waals surface area contributed by atoms with Gasteiger partial charge in [-0.3, -0.25) is 4.90 Å². The number of hydrogen-bond acceptors (Lipinski definition) is 5. The molecule has 1 aromatic rings. The Hall–Kier alpha value is -1.20. The predicted octanol–water partition coefficient (Wildman–Crippen LogP) is 0.954. The van der Waals surface area contributed by atoms with Gasteiger partial charge in [0.1, 0.15) is 0 Å². The van der Waals surface area contributed by atoms with E-state index in [0.717, 1.165) is 32.0 Å². The summed E-state index contributed by atoms with van der Waals surface area (Å²) in [5, 5.41) is 0. The van der Waals surface area contributed by atoms with E-state index in [1.54, 1.807) is 13.3 Å². The average molecular weight is 225 g/mol. The largest absolute Gasteiger partial charge is 0.467 e. The summed E-state index contributed by atoms with van der Waals surface area (Å²) in [4.78, 5) is 10.4. The van der Waals surface area contributed by atoms with Crippen LogP contribution >= 0.6 is 0 Å². The quantitative estimate of drug-likeness (QED) is 0.647. The summed E-state index contributed by atoms with van der Waals surface area (Å²) in [6, 6.07) is 2.30. The first-order chi connectivity index (χ1) is 7.76. The summed E-state index contributed by atoms with van der Waals surface area (Å²) in [7, 11) is 3.60. The molecule has 90 valence electrons. The number of likely N-dealkylation sites (N-methyl/N-ethyl adjacent to an activating group) is 1. The molecule has 1 rings (SSSR count). The molecule has 0 N–H and O–H groups in total. The SMILES string of the molecule is CCOCCN(C)Cc1ccnc(OC)n1. The van der Waals surface area contributed by atoms with Gasteiger partial charge in [-0.05, 0) is 20.0 Å². The Bertz CT molecular complexity index is 307. The van der Waals surface area contributed by atoms with Gasteiger partial charge in [0.25, 0.3) is 0 Å². The molecule has 16 heavy (non-hydrogen) atoms. The highest BCUT2D eigenvalue weighted by Gasteiger charge is 2.03. The fourth-order valence-corrected chi connectivity index (χ4v) is 1.28. The van der Waals surface area contributed by atoms with Gasteiger partial charge in [0.15, 0.2) is 0 Å². The molecule has 0 saturated heterocycles. The first-order valence-electron chi connectivity index (χ1n) is 5.38. The first-order valence-corrected chi connectivity index (χ1v) is 5.38. The number of methoxy groups -OCH3 is 1. The molecule has 0 aromatic carbocycles. The van der Waals surface area contributed by atoms with Crippen LogP contribution in [0.2, 0.25) is 0 Å². The van der Waals surface area contributed by atoms with Crippen LogP contribution in [0.3, 0.4) is 0 Å². The Kier molecular flexibility index (Phi) is 5.74. The Morgan fingerprint density at radius 1 is 1.44 bits per heavy atom. The topological polar surface area (TPSA) is 47.5 Å². The summed E-state index contributed by atoms with van der Waals surface area (Å²) in [5.74, 6) is 0. The molecule has 0 aliphatic rings. The van der Waals surface area contributed by atoms with Crippen molar-refractivity contribution in [3.05, 3.63) is 18.0 Å². The molecule has 5 heteroatoms. The Morgan fingerprint density at radius 2 is 2.25 bits per heavy atom. The fourth-order valence-electron chi connectivity index (χ4n) is 1.28. The van der Waals surface area contributed by atoms with Crippen LogP contribution in [0.4, 0.5) is 0 Å². The van der Waals surface area contributed by atoms with Gasteiger partial charge in [-0.25, -0.2) is 4.98 Å². The molecule has 1 aromatic heterocycles. The molecule has 0 bridgehead atoms. The third-order valence-electron chi connectivity index (χ3n) is 2.13. The molecule has 0 fully saturated rings. The number of hydrogen-bond donors (Lipinski definition) is 0. The molecule has 0 radical (unpaired) electrons. The van der Waals surface area contributed by atoms with Crippen LogP contribution in [0.25, 0.3) is 0 Å². The van der Waals surface area contributed by atoms with Gasteiger partial charge in [0.05, 0.1) is 19.4 Å². The highest BCUT2D eigenvalue weighted by molar-refractivity contribution is 5.05. The smallest absolute Gasteiger partial charge is 0.316 e. The van der Waals surface area contributed by atoms with Crippen molar-refractivity contribution in [1.29, 1.82) is 0 Å². The lowest BCUT2D eigenvalue weighted by Crippen LogP contribution is -2.23. The van der Waals surface area contributed by atoms with Crippen LogP contribution in [0.1, 0.15) is 12.6 Å². The van der Waals surface area contributed by atoms with Crippen LogP contribution in [0.5, 0.6) is 6.01 Å². The first kappa shape index (κ1) is 12.9. The van der Waals surface area contributed by atoms with E-state index in [2.05, 4.69) is 14.9 Å². The summed E-state index contributed by atoms with van der Waals surface area (Å²) in [5.41, 5.74) is 0.950. The van der Waals surface area contributed by atoms with Crippen molar-refractivity contribution >= 4 is 0 Å². The van der Waals surface area contributed by atoms with Gasteiger partial charge < -0.3 is 9.47 Å². The highest BCUT2D eigenvalue weighted by Crippen LogP contribution is 2.04. The van der Waals surface area contributed by atoms with Crippen molar-refractivity contribution < 1.29 is 9.47 Å². The maximum Gasteiger partial charge on any atom is 0.316 e. The van der Waals surface area contributed by atoms with Crippen molar-refractivity contribution in [3.63, 3.8) is 0 Å². The summed E-state index contributed by atoms with van der Waals surface area (Å²) in [6.45, 7) is 5.16. The van der Waals surface area contributed by atoms with E-state index >= 15 is 0 Å². The number of nitrogens with zero attached hydrogens (tertiary/aromatic N) is 3.